The number of hydrogen-bond acceptors (Lipinski definition) is 3. The smallest absolute Gasteiger partial charge is 0.120 e. The van der Waals surface area contributed by atoms with E-state index in [-0.39, 0.29) is 0 Å². The number of nitrogens with one attached hydrogen (secondary N) is 1. The molecule has 96 valence electrons. The summed E-state index contributed by atoms with van der Waals surface area (Å²) < 4.78 is 5.55. The summed E-state index contributed by atoms with van der Waals surface area (Å²) in [6.07, 6.45) is 2.07. The van der Waals surface area contributed by atoms with E-state index in [2.05, 4.69) is 5.32 Å². The maximum absolute atomic E-state index is 5.88. The molecule has 0 fully saturated rings. The van der Waals surface area contributed by atoms with Crippen LogP contribution in [0.4, 0.5) is 0 Å². The standard InChI is InChI=1S/C12H18Cl2N2O/c13-11-4-3-10(9-12(11)14)17-8-2-1-6-16-7-5-15/h3-4,9,16H,1-2,5-8,15H2. The Labute approximate surface area is 112 Å². The molecule has 5 heteroatoms. The minimum Gasteiger partial charge on any atom is -0.494 e. The van der Waals surface area contributed by atoms with Gasteiger partial charge in [-0.15, -0.1) is 0 Å². The Morgan fingerprint density at radius 3 is 2.65 bits per heavy atom. The van der Waals surface area contributed by atoms with Crippen LogP contribution in [-0.2, 0) is 0 Å². The van der Waals surface area contributed by atoms with Crippen molar-refractivity contribution in [3.8, 4) is 5.75 Å². The fourth-order valence-electron chi connectivity index (χ4n) is 1.34. The van der Waals surface area contributed by atoms with Crippen LogP contribution in [0.5, 0.6) is 5.75 Å². The lowest BCUT2D eigenvalue weighted by Crippen LogP contribution is -2.23. The van der Waals surface area contributed by atoms with E-state index < -0.39 is 0 Å². The third-order valence-corrected chi connectivity index (χ3v) is 2.97. The Morgan fingerprint density at radius 1 is 1.12 bits per heavy atom. The summed E-state index contributed by atoms with van der Waals surface area (Å²) in [5, 5.41) is 4.30. The van der Waals surface area contributed by atoms with Gasteiger partial charge in [-0.25, -0.2) is 0 Å². The molecule has 0 amide bonds. The Balaban J connectivity index is 2.11. The van der Waals surface area contributed by atoms with Crippen molar-refractivity contribution in [3.63, 3.8) is 0 Å². The number of nitrogens with two attached hydrogens (primary N) is 1. The van der Waals surface area contributed by atoms with Gasteiger partial charge in [0.25, 0.3) is 0 Å². The Morgan fingerprint density at radius 2 is 1.94 bits per heavy atom. The van der Waals surface area contributed by atoms with E-state index in [9.17, 15) is 0 Å². The molecule has 0 bridgehead atoms. The Hall–Kier alpha value is -0.480. The molecule has 0 aliphatic heterocycles. The SMILES string of the molecule is NCCNCCCCOc1ccc(Cl)c(Cl)c1. The monoisotopic (exact) mass is 276 g/mol. The van der Waals surface area contributed by atoms with Crippen molar-refractivity contribution in [2.45, 2.75) is 12.8 Å². The first-order valence-electron chi connectivity index (χ1n) is 5.72. The fraction of sp³-hybridized carbons (Fsp3) is 0.500. The predicted molar refractivity (Wildman–Crippen MR) is 73.1 cm³/mol. The zero-order chi connectivity index (χ0) is 12.5. The van der Waals surface area contributed by atoms with E-state index in [1.807, 2.05) is 6.07 Å². The van der Waals surface area contributed by atoms with Gasteiger partial charge in [-0.05, 0) is 31.5 Å². The molecule has 0 atom stereocenters. The van der Waals surface area contributed by atoms with Crippen LogP contribution in [0, 0.1) is 0 Å². The third kappa shape index (κ3) is 6.13. The lowest BCUT2D eigenvalue weighted by molar-refractivity contribution is 0.306. The van der Waals surface area contributed by atoms with Gasteiger partial charge in [0.1, 0.15) is 5.75 Å². The molecule has 3 nitrogen and oxygen atoms in total. The second-order valence-electron chi connectivity index (χ2n) is 3.67. The van der Waals surface area contributed by atoms with Crippen molar-refractivity contribution in [1.29, 1.82) is 0 Å². The maximum atomic E-state index is 5.88. The van der Waals surface area contributed by atoms with Crippen LogP contribution in [0.2, 0.25) is 10.0 Å². The summed E-state index contributed by atoms with van der Waals surface area (Å²) in [5.41, 5.74) is 5.36. The molecular weight excluding hydrogens is 259 g/mol. The van der Waals surface area contributed by atoms with E-state index in [1.165, 1.54) is 0 Å². The highest BCUT2D eigenvalue weighted by Crippen LogP contribution is 2.26. The van der Waals surface area contributed by atoms with E-state index in [0.717, 1.165) is 31.7 Å². The average molecular weight is 277 g/mol. The van der Waals surface area contributed by atoms with Gasteiger partial charge in [0, 0.05) is 19.2 Å². The van der Waals surface area contributed by atoms with E-state index in [1.54, 1.807) is 12.1 Å². The second-order valence-corrected chi connectivity index (χ2v) is 4.48. The molecule has 0 radical (unpaired) electrons. The van der Waals surface area contributed by atoms with Gasteiger partial charge in [0.15, 0.2) is 0 Å². The fourth-order valence-corrected chi connectivity index (χ4v) is 1.62. The molecule has 0 aliphatic rings. The first-order chi connectivity index (χ1) is 8.24. The molecule has 1 aromatic carbocycles. The summed E-state index contributed by atoms with van der Waals surface area (Å²) in [6, 6.07) is 5.29. The maximum Gasteiger partial charge on any atom is 0.120 e. The van der Waals surface area contributed by atoms with Gasteiger partial charge in [-0.3, -0.25) is 0 Å². The van der Waals surface area contributed by atoms with E-state index >= 15 is 0 Å². The van der Waals surface area contributed by atoms with Crippen molar-refractivity contribution >= 4 is 23.2 Å². The first kappa shape index (κ1) is 14.6. The lowest BCUT2D eigenvalue weighted by atomic mass is 10.3. The summed E-state index contributed by atoms with van der Waals surface area (Å²) >= 11 is 11.7. The zero-order valence-corrected chi connectivity index (χ0v) is 11.2. The van der Waals surface area contributed by atoms with Crippen LogP contribution in [0.1, 0.15) is 12.8 Å². The summed E-state index contributed by atoms with van der Waals surface area (Å²) in [7, 11) is 0. The van der Waals surface area contributed by atoms with Crippen molar-refractivity contribution < 1.29 is 4.74 Å². The van der Waals surface area contributed by atoms with Crippen LogP contribution >= 0.6 is 23.2 Å². The normalized spacial score (nSPS) is 10.5. The summed E-state index contributed by atoms with van der Waals surface area (Å²) in [5.74, 6) is 0.759. The van der Waals surface area contributed by atoms with Gasteiger partial charge in [-0.2, -0.15) is 0 Å². The minimum atomic E-state index is 0.522. The number of rotatable bonds is 8. The molecule has 0 saturated carbocycles. The highest BCUT2D eigenvalue weighted by molar-refractivity contribution is 6.42. The Bertz CT molecular complexity index is 334. The number of benzene rings is 1. The Kier molecular flexibility index (Phi) is 7.37. The molecule has 0 aliphatic carbocycles. The van der Waals surface area contributed by atoms with Crippen LogP contribution in [0.3, 0.4) is 0 Å². The molecule has 0 saturated heterocycles. The van der Waals surface area contributed by atoms with Crippen molar-refractivity contribution in [2.24, 2.45) is 5.73 Å². The average Bonchev–Trinajstić information content (AvgIpc) is 2.32. The molecule has 3 N–H and O–H groups in total. The molecule has 0 spiro atoms. The summed E-state index contributed by atoms with van der Waals surface area (Å²) in [6.45, 7) is 3.21. The number of unbranched alkanes of at least 4 members (excludes halogenated alkanes) is 1. The van der Waals surface area contributed by atoms with Crippen molar-refractivity contribution in [3.05, 3.63) is 28.2 Å². The molecule has 0 unspecified atom stereocenters. The number of hydrogen-bond donors (Lipinski definition) is 2. The first-order valence-corrected chi connectivity index (χ1v) is 6.48. The molecule has 1 rings (SSSR count). The van der Waals surface area contributed by atoms with Crippen molar-refractivity contribution in [1.82, 2.24) is 5.32 Å². The highest BCUT2D eigenvalue weighted by atomic mass is 35.5. The van der Waals surface area contributed by atoms with Gasteiger partial charge in [-0.1, -0.05) is 23.2 Å². The topological polar surface area (TPSA) is 47.3 Å². The number of halogens is 2. The van der Waals surface area contributed by atoms with Gasteiger partial charge in [0.2, 0.25) is 0 Å². The van der Waals surface area contributed by atoms with Crippen LogP contribution < -0.4 is 15.8 Å². The zero-order valence-electron chi connectivity index (χ0n) is 9.72. The van der Waals surface area contributed by atoms with Crippen LogP contribution in [0.25, 0.3) is 0 Å². The summed E-state index contributed by atoms with van der Waals surface area (Å²) in [4.78, 5) is 0. The number of ether oxygens (including phenoxy) is 1. The van der Waals surface area contributed by atoms with E-state index in [4.69, 9.17) is 33.7 Å². The molecule has 0 heterocycles. The minimum absolute atomic E-state index is 0.522. The highest BCUT2D eigenvalue weighted by Gasteiger charge is 1.99. The van der Waals surface area contributed by atoms with E-state index in [0.29, 0.717) is 23.2 Å². The van der Waals surface area contributed by atoms with Crippen LogP contribution in [-0.4, -0.2) is 26.2 Å². The molecule has 17 heavy (non-hydrogen) atoms. The van der Waals surface area contributed by atoms with Gasteiger partial charge in [0.05, 0.1) is 16.7 Å². The second kappa shape index (κ2) is 8.59. The third-order valence-electron chi connectivity index (χ3n) is 2.23. The molecular formula is C12H18Cl2N2O. The molecule has 0 aromatic heterocycles. The van der Waals surface area contributed by atoms with Crippen LogP contribution in [0.15, 0.2) is 18.2 Å². The quantitative estimate of drug-likeness (QED) is 0.718. The van der Waals surface area contributed by atoms with Gasteiger partial charge < -0.3 is 15.8 Å². The lowest BCUT2D eigenvalue weighted by Gasteiger charge is -2.07. The predicted octanol–water partition coefficient (Wildman–Crippen LogP) is 2.70. The largest absolute Gasteiger partial charge is 0.494 e. The van der Waals surface area contributed by atoms with Crippen molar-refractivity contribution in [2.75, 3.05) is 26.2 Å². The molecule has 1 aromatic rings. The van der Waals surface area contributed by atoms with Gasteiger partial charge >= 0.3 is 0 Å².